The molecule has 0 aliphatic heterocycles. The van der Waals surface area contributed by atoms with Gasteiger partial charge >= 0.3 is 0 Å². The lowest BCUT2D eigenvalue weighted by Gasteiger charge is -2.08. The van der Waals surface area contributed by atoms with Crippen LogP contribution in [0.2, 0.25) is 0 Å². The van der Waals surface area contributed by atoms with Gasteiger partial charge in [0.05, 0.1) is 6.54 Å². The molecule has 2 aromatic carbocycles. The van der Waals surface area contributed by atoms with E-state index in [0.717, 1.165) is 5.56 Å². The smallest absolute Gasteiger partial charge is 0.267 e. The molecule has 24 heavy (non-hydrogen) atoms. The molecule has 0 bridgehead atoms. The fourth-order valence-corrected chi connectivity index (χ4v) is 2.11. The van der Waals surface area contributed by atoms with E-state index in [2.05, 4.69) is 20.9 Å². The normalized spacial score (nSPS) is 10.2. The van der Waals surface area contributed by atoms with E-state index in [-0.39, 0.29) is 11.8 Å². The van der Waals surface area contributed by atoms with Gasteiger partial charge in [0.1, 0.15) is 12.7 Å². The molecule has 0 fully saturated rings. The summed E-state index contributed by atoms with van der Waals surface area (Å²) in [5.41, 5.74) is 6.70. The second kappa shape index (κ2) is 7.19. The first-order valence-corrected chi connectivity index (χ1v) is 7.29. The van der Waals surface area contributed by atoms with Crippen molar-refractivity contribution < 1.29 is 9.59 Å². The molecule has 120 valence electrons. The number of hydrogen-bond acceptors (Lipinski definition) is 4. The number of nitrogens with zero attached hydrogens (tertiary/aromatic N) is 3. The monoisotopic (exact) mass is 321 g/mol. The summed E-state index contributed by atoms with van der Waals surface area (Å²) < 4.78 is 1.69. The average molecular weight is 321 g/mol. The van der Waals surface area contributed by atoms with Crippen molar-refractivity contribution >= 4 is 11.8 Å². The van der Waals surface area contributed by atoms with Gasteiger partial charge in [-0.1, -0.05) is 30.3 Å². The lowest BCUT2D eigenvalue weighted by atomic mass is 10.1. The number of amides is 2. The Balaban J connectivity index is 1.56. The van der Waals surface area contributed by atoms with Gasteiger partial charge in [-0.15, -0.1) is 0 Å². The van der Waals surface area contributed by atoms with E-state index >= 15 is 0 Å². The highest BCUT2D eigenvalue weighted by molar-refractivity contribution is 5.99. The molecule has 0 saturated heterocycles. The summed E-state index contributed by atoms with van der Waals surface area (Å²) in [5.74, 6) is -0.752. The van der Waals surface area contributed by atoms with Gasteiger partial charge in [-0.05, 0) is 29.8 Å². The predicted octanol–water partition coefficient (Wildman–Crippen LogP) is 1.40. The molecule has 0 saturated carbocycles. The Labute approximate surface area is 138 Å². The number of rotatable bonds is 4. The third kappa shape index (κ3) is 3.83. The van der Waals surface area contributed by atoms with E-state index in [9.17, 15) is 9.59 Å². The molecule has 0 spiro atoms. The van der Waals surface area contributed by atoms with Crippen molar-refractivity contribution in [2.75, 3.05) is 0 Å². The van der Waals surface area contributed by atoms with E-state index in [1.54, 1.807) is 47.4 Å². The highest BCUT2D eigenvalue weighted by atomic mass is 16.2. The summed E-state index contributed by atoms with van der Waals surface area (Å²) in [4.78, 5) is 27.8. The molecular weight excluding hydrogens is 306 g/mol. The molecule has 1 heterocycles. The van der Waals surface area contributed by atoms with Crippen LogP contribution in [0, 0.1) is 0 Å². The van der Waals surface area contributed by atoms with E-state index in [1.807, 2.05) is 18.2 Å². The Morgan fingerprint density at radius 2 is 1.50 bits per heavy atom. The maximum atomic E-state index is 12.1. The van der Waals surface area contributed by atoms with Crippen LogP contribution in [0.15, 0.2) is 67.3 Å². The SMILES string of the molecule is O=C(NNC(=O)c1ccc(Cn2cncn2)cc1)c1ccccc1. The molecular formula is C17H15N5O2. The number of hydrazine groups is 1. The molecule has 0 unspecified atom stereocenters. The van der Waals surface area contributed by atoms with Crippen LogP contribution in [-0.4, -0.2) is 26.6 Å². The van der Waals surface area contributed by atoms with Crippen LogP contribution in [0.1, 0.15) is 26.3 Å². The Hall–Kier alpha value is -3.48. The molecule has 1 aromatic heterocycles. The number of nitrogens with one attached hydrogen (secondary N) is 2. The average Bonchev–Trinajstić information content (AvgIpc) is 3.14. The molecule has 2 N–H and O–H groups in total. The largest absolute Gasteiger partial charge is 0.269 e. The first kappa shape index (κ1) is 15.4. The molecule has 3 aromatic rings. The first-order valence-electron chi connectivity index (χ1n) is 7.29. The fraction of sp³-hybridized carbons (Fsp3) is 0.0588. The van der Waals surface area contributed by atoms with E-state index in [4.69, 9.17) is 0 Å². The molecule has 7 nitrogen and oxygen atoms in total. The molecule has 0 aliphatic carbocycles. The van der Waals surface area contributed by atoms with Crippen molar-refractivity contribution in [1.82, 2.24) is 25.6 Å². The minimum Gasteiger partial charge on any atom is -0.267 e. The Bertz CT molecular complexity index is 814. The summed E-state index contributed by atoms with van der Waals surface area (Å²) in [6.07, 6.45) is 3.09. The van der Waals surface area contributed by atoms with Crippen molar-refractivity contribution in [3.63, 3.8) is 0 Å². The third-order valence-corrected chi connectivity index (χ3v) is 3.35. The van der Waals surface area contributed by atoms with Crippen LogP contribution >= 0.6 is 0 Å². The lowest BCUT2D eigenvalue weighted by molar-refractivity contribution is 0.0846. The standard InChI is InChI=1S/C17H15N5O2/c23-16(14-4-2-1-3-5-14)20-21-17(24)15-8-6-13(7-9-15)10-22-12-18-11-19-22/h1-9,11-12H,10H2,(H,20,23)(H,21,24). The highest BCUT2D eigenvalue weighted by Crippen LogP contribution is 2.06. The Kier molecular flexibility index (Phi) is 4.62. The summed E-state index contributed by atoms with van der Waals surface area (Å²) in [6, 6.07) is 15.7. The molecule has 2 amide bonds. The van der Waals surface area contributed by atoms with Gasteiger partial charge < -0.3 is 0 Å². The van der Waals surface area contributed by atoms with Gasteiger partial charge in [-0.3, -0.25) is 20.4 Å². The number of aromatic nitrogens is 3. The van der Waals surface area contributed by atoms with Crippen molar-refractivity contribution in [3.8, 4) is 0 Å². The van der Waals surface area contributed by atoms with Gasteiger partial charge in [0.25, 0.3) is 11.8 Å². The van der Waals surface area contributed by atoms with Crippen molar-refractivity contribution in [1.29, 1.82) is 0 Å². The third-order valence-electron chi connectivity index (χ3n) is 3.35. The van der Waals surface area contributed by atoms with Crippen LogP contribution in [0.4, 0.5) is 0 Å². The predicted molar refractivity (Wildman–Crippen MR) is 86.9 cm³/mol. The van der Waals surface area contributed by atoms with E-state index < -0.39 is 0 Å². The summed E-state index contributed by atoms with van der Waals surface area (Å²) >= 11 is 0. The van der Waals surface area contributed by atoms with E-state index in [0.29, 0.717) is 17.7 Å². The number of hydrogen-bond donors (Lipinski definition) is 2. The van der Waals surface area contributed by atoms with Gasteiger partial charge in [0.15, 0.2) is 0 Å². The number of benzene rings is 2. The first-order chi connectivity index (χ1) is 11.7. The minimum atomic E-state index is -0.383. The van der Waals surface area contributed by atoms with Gasteiger partial charge in [-0.25, -0.2) is 9.67 Å². The summed E-state index contributed by atoms with van der Waals surface area (Å²) in [6.45, 7) is 0.576. The number of carbonyl (C=O) groups is 2. The van der Waals surface area contributed by atoms with Crippen LogP contribution in [0.3, 0.4) is 0 Å². The molecule has 0 atom stereocenters. The zero-order valence-corrected chi connectivity index (χ0v) is 12.7. The molecule has 3 rings (SSSR count). The maximum absolute atomic E-state index is 12.1. The van der Waals surface area contributed by atoms with Crippen LogP contribution < -0.4 is 10.9 Å². The molecule has 7 heteroatoms. The van der Waals surface area contributed by atoms with Crippen molar-refractivity contribution in [3.05, 3.63) is 83.9 Å². The maximum Gasteiger partial charge on any atom is 0.269 e. The van der Waals surface area contributed by atoms with Gasteiger partial charge in [-0.2, -0.15) is 5.10 Å². The lowest BCUT2D eigenvalue weighted by Crippen LogP contribution is -2.41. The summed E-state index contributed by atoms with van der Waals surface area (Å²) in [7, 11) is 0. The van der Waals surface area contributed by atoms with Crippen LogP contribution in [0.5, 0.6) is 0 Å². The van der Waals surface area contributed by atoms with Crippen LogP contribution in [-0.2, 0) is 6.54 Å². The summed E-state index contributed by atoms with van der Waals surface area (Å²) in [5, 5.41) is 4.03. The zero-order chi connectivity index (χ0) is 16.8. The quantitative estimate of drug-likeness (QED) is 0.711. The number of carbonyl (C=O) groups excluding carboxylic acids is 2. The van der Waals surface area contributed by atoms with Crippen LogP contribution in [0.25, 0.3) is 0 Å². The van der Waals surface area contributed by atoms with Crippen molar-refractivity contribution in [2.45, 2.75) is 6.54 Å². The minimum absolute atomic E-state index is 0.369. The molecule has 0 radical (unpaired) electrons. The molecule has 0 aliphatic rings. The fourth-order valence-electron chi connectivity index (χ4n) is 2.11. The topological polar surface area (TPSA) is 88.9 Å². The van der Waals surface area contributed by atoms with Gasteiger partial charge in [0, 0.05) is 11.1 Å². The van der Waals surface area contributed by atoms with E-state index in [1.165, 1.54) is 6.33 Å². The Morgan fingerprint density at radius 3 is 2.08 bits per heavy atom. The van der Waals surface area contributed by atoms with Gasteiger partial charge in [0.2, 0.25) is 0 Å². The zero-order valence-electron chi connectivity index (χ0n) is 12.7. The van der Waals surface area contributed by atoms with Crippen molar-refractivity contribution in [2.24, 2.45) is 0 Å². The Morgan fingerprint density at radius 1 is 0.875 bits per heavy atom. The highest BCUT2D eigenvalue weighted by Gasteiger charge is 2.08. The second-order valence-electron chi connectivity index (χ2n) is 5.06. The second-order valence-corrected chi connectivity index (χ2v) is 5.06.